The molecule has 0 aliphatic heterocycles. The number of nitrogens with zero attached hydrogens (tertiary/aromatic N) is 2. The first-order valence-electron chi connectivity index (χ1n) is 3.31. The van der Waals surface area contributed by atoms with Crippen LogP contribution in [0.1, 0.15) is 0 Å². The Morgan fingerprint density at radius 3 is 1.33 bits per heavy atom. The van der Waals surface area contributed by atoms with Crippen LogP contribution < -0.4 is 0 Å². The Labute approximate surface area is 94.2 Å². The number of aliphatic hydroxyl groups is 2. The average molecular weight is 273 g/mol. The summed E-state index contributed by atoms with van der Waals surface area (Å²) in [4.78, 5) is 26.2. The zero-order valence-corrected chi connectivity index (χ0v) is 8.44. The van der Waals surface area contributed by atoms with E-state index in [0.717, 1.165) is 0 Å². The predicted molar refractivity (Wildman–Crippen MR) is 40.1 cm³/mol. The van der Waals surface area contributed by atoms with E-state index in [1.165, 1.54) is 0 Å². The predicted octanol–water partition coefficient (Wildman–Crippen LogP) is -1.63. The van der Waals surface area contributed by atoms with E-state index in [2.05, 4.69) is 9.68 Å². The van der Waals surface area contributed by atoms with Crippen molar-refractivity contribution in [3.63, 3.8) is 0 Å². The van der Waals surface area contributed by atoms with Crippen LogP contribution in [0, 0.1) is 20.2 Å². The van der Waals surface area contributed by atoms with Gasteiger partial charge in [0.05, 0.1) is 13.2 Å². The molecule has 10 nitrogen and oxygen atoms in total. The van der Waals surface area contributed by atoms with Crippen molar-refractivity contribution >= 4 is 0 Å². The molecule has 0 rings (SSSR count). The largest absolute Gasteiger partial charge is 2.00 e. The van der Waals surface area contributed by atoms with Gasteiger partial charge in [-0.15, -0.1) is 20.2 Å². The van der Waals surface area contributed by atoms with Gasteiger partial charge in [-0.25, -0.2) is 0 Å². The number of hydrogen-bond acceptors (Lipinski definition) is 8. The van der Waals surface area contributed by atoms with Crippen molar-refractivity contribution in [1.29, 1.82) is 0 Å². The molecule has 0 saturated carbocycles. The molecule has 0 amide bonds. The Hall–Kier alpha value is -1.17. The standard InChI is InChI=1S/C2H4N2O6.C2H6O2.Co/c5-3(6)9-1-2-10-4(7)8;3-1-2-4;/h1-2H2;3-4H,1-2H2;/q;;+2. The molecular formula is C4H10CoN2O8+2. The molecule has 0 fully saturated rings. The van der Waals surface area contributed by atoms with Crippen molar-refractivity contribution in [2.45, 2.75) is 0 Å². The summed E-state index contributed by atoms with van der Waals surface area (Å²) < 4.78 is 0. The monoisotopic (exact) mass is 273 g/mol. The minimum absolute atomic E-state index is 0. The summed E-state index contributed by atoms with van der Waals surface area (Å²) >= 11 is 0. The van der Waals surface area contributed by atoms with Gasteiger partial charge in [-0.1, -0.05) is 0 Å². The van der Waals surface area contributed by atoms with Gasteiger partial charge in [-0.05, 0) is 0 Å². The molecule has 0 aromatic heterocycles. The van der Waals surface area contributed by atoms with E-state index >= 15 is 0 Å². The van der Waals surface area contributed by atoms with E-state index in [0.29, 0.717) is 0 Å². The molecule has 91 valence electrons. The molecule has 0 aromatic rings. The van der Waals surface area contributed by atoms with Gasteiger partial charge in [-0.2, -0.15) is 0 Å². The van der Waals surface area contributed by atoms with Gasteiger partial charge in [-0.3, -0.25) is 0 Å². The van der Waals surface area contributed by atoms with Crippen molar-refractivity contribution in [3.05, 3.63) is 20.2 Å². The summed E-state index contributed by atoms with van der Waals surface area (Å²) in [5.74, 6) is 0. The molecule has 0 aromatic carbocycles. The van der Waals surface area contributed by atoms with Crippen molar-refractivity contribution < 1.29 is 46.8 Å². The van der Waals surface area contributed by atoms with E-state index in [1.54, 1.807) is 0 Å². The van der Waals surface area contributed by atoms with Crippen LogP contribution in [0.15, 0.2) is 0 Å². The first kappa shape index (κ1) is 19.4. The van der Waals surface area contributed by atoms with Gasteiger partial charge in [0, 0.05) is 0 Å². The number of hydrogen-bond donors (Lipinski definition) is 2. The minimum Gasteiger partial charge on any atom is -0.394 e. The molecule has 11 heteroatoms. The topological polar surface area (TPSA) is 145 Å². The maximum atomic E-state index is 9.40. The molecule has 0 spiro atoms. The summed E-state index contributed by atoms with van der Waals surface area (Å²) in [5.41, 5.74) is 0. The third kappa shape index (κ3) is 32.3. The molecule has 1 radical (unpaired) electrons. The second kappa shape index (κ2) is 15.3. The smallest absolute Gasteiger partial charge is 0.394 e. The fourth-order valence-corrected chi connectivity index (χ4v) is 0.224. The first-order chi connectivity index (χ1) is 6.54. The second-order valence-electron chi connectivity index (χ2n) is 1.56. The zero-order valence-electron chi connectivity index (χ0n) is 7.40. The van der Waals surface area contributed by atoms with E-state index in [1.807, 2.05) is 0 Å². The van der Waals surface area contributed by atoms with Crippen LogP contribution in [0.5, 0.6) is 0 Å². The van der Waals surface area contributed by atoms with Crippen molar-refractivity contribution in [3.8, 4) is 0 Å². The SMILES string of the molecule is O=[N+]([O-])OCCO[N+](=O)[O-].OCCO.[Co+2]. The van der Waals surface area contributed by atoms with Gasteiger partial charge < -0.3 is 19.9 Å². The minimum atomic E-state index is -1.05. The molecule has 0 heterocycles. The van der Waals surface area contributed by atoms with E-state index in [4.69, 9.17) is 10.2 Å². The van der Waals surface area contributed by atoms with Gasteiger partial charge in [0.2, 0.25) is 0 Å². The summed E-state index contributed by atoms with van der Waals surface area (Å²) in [7, 11) is 0. The first-order valence-corrected chi connectivity index (χ1v) is 3.31. The van der Waals surface area contributed by atoms with Crippen LogP contribution in [0.2, 0.25) is 0 Å². The summed E-state index contributed by atoms with van der Waals surface area (Å²) in [6.07, 6.45) is 0. The van der Waals surface area contributed by atoms with Crippen LogP contribution in [0.25, 0.3) is 0 Å². The molecule has 0 atom stereocenters. The molecule has 0 aliphatic carbocycles. The molecule has 15 heavy (non-hydrogen) atoms. The van der Waals surface area contributed by atoms with E-state index in [-0.39, 0.29) is 30.0 Å². The Balaban J connectivity index is -0.000000249. The van der Waals surface area contributed by atoms with Gasteiger partial charge in [0.25, 0.3) is 10.2 Å². The van der Waals surface area contributed by atoms with Gasteiger partial charge in [0.1, 0.15) is 13.2 Å². The quantitative estimate of drug-likeness (QED) is 0.333. The summed E-state index contributed by atoms with van der Waals surface area (Å²) in [5, 5.41) is 31.9. The van der Waals surface area contributed by atoms with Gasteiger partial charge in [0.15, 0.2) is 0 Å². The molecule has 0 aliphatic rings. The maximum absolute atomic E-state index is 9.40. The van der Waals surface area contributed by atoms with Crippen LogP contribution in [-0.2, 0) is 26.5 Å². The Morgan fingerprint density at radius 2 is 1.20 bits per heavy atom. The third-order valence-corrected chi connectivity index (χ3v) is 0.577. The van der Waals surface area contributed by atoms with Crippen molar-refractivity contribution in [2.24, 2.45) is 0 Å². The van der Waals surface area contributed by atoms with E-state index < -0.39 is 23.4 Å². The molecule has 0 unspecified atom stereocenters. The molecule has 2 N–H and O–H groups in total. The van der Waals surface area contributed by atoms with Crippen LogP contribution in [0.3, 0.4) is 0 Å². The normalized spacial score (nSPS) is 7.60. The molecular weight excluding hydrogens is 263 g/mol. The fraction of sp³-hybridized carbons (Fsp3) is 1.00. The zero-order chi connectivity index (χ0) is 11.4. The van der Waals surface area contributed by atoms with Crippen LogP contribution in [-0.4, -0.2) is 46.8 Å². The van der Waals surface area contributed by atoms with E-state index in [9.17, 15) is 20.2 Å². The maximum Gasteiger partial charge on any atom is 2.00 e. The Kier molecular flexibility index (Phi) is 19.8. The molecule has 0 saturated heterocycles. The van der Waals surface area contributed by atoms with Crippen LogP contribution in [0.4, 0.5) is 0 Å². The Bertz CT molecular complexity index is 149. The molecule has 0 bridgehead atoms. The summed E-state index contributed by atoms with van der Waals surface area (Å²) in [6.45, 7) is -1.12. The Morgan fingerprint density at radius 1 is 0.933 bits per heavy atom. The third-order valence-electron chi connectivity index (χ3n) is 0.577. The van der Waals surface area contributed by atoms with Crippen molar-refractivity contribution in [2.75, 3.05) is 26.4 Å². The summed E-state index contributed by atoms with van der Waals surface area (Å²) in [6, 6.07) is 0. The van der Waals surface area contributed by atoms with Gasteiger partial charge >= 0.3 is 16.8 Å². The fourth-order valence-electron chi connectivity index (χ4n) is 0.224. The second-order valence-corrected chi connectivity index (χ2v) is 1.56. The van der Waals surface area contributed by atoms with Crippen molar-refractivity contribution in [1.82, 2.24) is 0 Å². The average Bonchev–Trinajstić information content (AvgIpc) is 2.12. The number of rotatable bonds is 6. The number of aliphatic hydroxyl groups excluding tert-OH is 2. The van der Waals surface area contributed by atoms with Crippen LogP contribution >= 0.6 is 0 Å².